The molecule has 1 aliphatic carbocycles. The average Bonchev–Trinajstić information content (AvgIpc) is 2.63. The summed E-state index contributed by atoms with van der Waals surface area (Å²) in [6.07, 6.45) is 6.80. The third-order valence-electron chi connectivity index (χ3n) is 2.38. The number of halogens is 1. The van der Waals surface area contributed by atoms with Gasteiger partial charge in [0.25, 0.3) is 0 Å². The fourth-order valence-corrected chi connectivity index (χ4v) is 3.32. The van der Waals surface area contributed by atoms with Crippen LogP contribution in [0.25, 0.3) is 0 Å². The van der Waals surface area contributed by atoms with Crippen LogP contribution in [-0.2, 0) is 6.42 Å². The summed E-state index contributed by atoms with van der Waals surface area (Å²) in [4.78, 5) is 0. The van der Waals surface area contributed by atoms with Gasteiger partial charge in [-0.1, -0.05) is 37.0 Å². The molecule has 12 heavy (non-hydrogen) atoms. The fourth-order valence-electron chi connectivity index (χ4n) is 1.78. The smallest absolute Gasteiger partial charge is 0.143 e. The van der Waals surface area contributed by atoms with Gasteiger partial charge in [0.1, 0.15) is 5.01 Å². The highest BCUT2D eigenvalue weighted by atomic mass is 127. The molecule has 2 nitrogen and oxygen atoms in total. The van der Waals surface area contributed by atoms with E-state index in [0.717, 1.165) is 8.93 Å². The van der Waals surface area contributed by atoms with Gasteiger partial charge in [-0.25, -0.2) is 0 Å². The monoisotopic (exact) mass is 294 g/mol. The van der Waals surface area contributed by atoms with Gasteiger partial charge in [-0.3, -0.25) is 0 Å². The van der Waals surface area contributed by atoms with Gasteiger partial charge >= 0.3 is 0 Å². The van der Waals surface area contributed by atoms with E-state index in [1.807, 2.05) is 0 Å². The highest BCUT2D eigenvalue weighted by molar-refractivity contribution is 14.1. The fraction of sp³-hybridized carbons (Fsp3) is 0.750. The van der Waals surface area contributed by atoms with Crippen LogP contribution >= 0.6 is 33.9 Å². The lowest BCUT2D eigenvalue weighted by Crippen LogP contribution is -1.97. The maximum atomic E-state index is 4.14. The number of rotatable bonds is 2. The van der Waals surface area contributed by atoms with Crippen molar-refractivity contribution in [2.24, 2.45) is 5.92 Å². The van der Waals surface area contributed by atoms with Crippen LogP contribution in [-0.4, -0.2) is 10.2 Å². The molecule has 0 spiro atoms. The Morgan fingerprint density at radius 2 is 2.08 bits per heavy atom. The van der Waals surface area contributed by atoms with E-state index >= 15 is 0 Å². The maximum absolute atomic E-state index is 4.14. The van der Waals surface area contributed by atoms with Crippen LogP contribution in [0.5, 0.6) is 0 Å². The molecule has 0 atom stereocenters. The molecule has 0 aromatic carbocycles. The molecule has 1 aromatic rings. The second-order valence-electron chi connectivity index (χ2n) is 3.30. The molecule has 0 amide bonds. The zero-order valence-corrected chi connectivity index (χ0v) is 9.77. The standard InChI is InChI=1S/C8H11IN2S/c9-8-11-10-7(12-8)5-6-3-1-2-4-6/h6H,1-5H2. The molecule has 0 radical (unpaired) electrons. The molecule has 1 aliphatic rings. The third kappa shape index (κ3) is 2.16. The molecule has 0 aliphatic heterocycles. The van der Waals surface area contributed by atoms with Crippen LogP contribution in [0.4, 0.5) is 0 Å². The highest BCUT2D eigenvalue weighted by Crippen LogP contribution is 2.28. The molecule has 1 saturated carbocycles. The van der Waals surface area contributed by atoms with Gasteiger partial charge in [0.2, 0.25) is 0 Å². The van der Waals surface area contributed by atoms with Gasteiger partial charge in [-0.2, -0.15) is 0 Å². The largest absolute Gasteiger partial charge is 0.178 e. The molecule has 1 fully saturated rings. The van der Waals surface area contributed by atoms with Gasteiger partial charge in [0.15, 0.2) is 3.01 Å². The lowest BCUT2D eigenvalue weighted by atomic mass is 10.1. The van der Waals surface area contributed by atoms with Crippen molar-refractivity contribution in [1.29, 1.82) is 0 Å². The van der Waals surface area contributed by atoms with Crippen molar-refractivity contribution in [3.05, 3.63) is 8.02 Å². The SMILES string of the molecule is Ic1nnc(CC2CCCC2)s1. The quantitative estimate of drug-likeness (QED) is 0.784. The topological polar surface area (TPSA) is 25.8 Å². The van der Waals surface area contributed by atoms with Crippen LogP contribution in [0.2, 0.25) is 0 Å². The van der Waals surface area contributed by atoms with E-state index in [9.17, 15) is 0 Å². The molecule has 1 heterocycles. The van der Waals surface area contributed by atoms with Crippen LogP contribution in [0, 0.1) is 8.93 Å². The number of hydrogen-bond donors (Lipinski definition) is 0. The summed E-state index contributed by atoms with van der Waals surface area (Å²) >= 11 is 3.97. The number of nitrogens with zero attached hydrogens (tertiary/aromatic N) is 2. The molecule has 0 saturated heterocycles. The second-order valence-corrected chi connectivity index (χ2v) is 6.12. The first-order valence-corrected chi connectivity index (χ1v) is 6.22. The minimum Gasteiger partial charge on any atom is -0.143 e. The first-order chi connectivity index (χ1) is 5.84. The molecule has 0 N–H and O–H groups in total. The van der Waals surface area contributed by atoms with Gasteiger partial charge in [-0.15, -0.1) is 10.2 Å². The molecule has 1 aromatic heterocycles. The predicted octanol–water partition coefficient (Wildman–Crippen LogP) is 2.88. The van der Waals surface area contributed by atoms with E-state index in [-0.39, 0.29) is 0 Å². The summed E-state index contributed by atoms with van der Waals surface area (Å²) in [7, 11) is 0. The Morgan fingerprint density at radius 3 is 2.67 bits per heavy atom. The Balaban J connectivity index is 1.94. The maximum Gasteiger partial charge on any atom is 0.178 e. The number of aromatic nitrogens is 2. The van der Waals surface area contributed by atoms with E-state index in [1.165, 1.54) is 37.1 Å². The van der Waals surface area contributed by atoms with Crippen molar-refractivity contribution in [2.45, 2.75) is 32.1 Å². The lowest BCUT2D eigenvalue weighted by molar-refractivity contribution is 0.542. The zero-order valence-electron chi connectivity index (χ0n) is 6.79. The summed E-state index contributed by atoms with van der Waals surface area (Å²) in [5.74, 6) is 0.897. The summed E-state index contributed by atoms with van der Waals surface area (Å²) in [5.41, 5.74) is 0. The first-order valence-electron chi connectivity index (χ1n) is 4.32. The Labute approximate surface area is 89.9 Å². The first kappa shape index (κ1) is 8.87. The van der Waals surface area contributed by atoms with Gasteiger partial charge in [0, 0.05) is 6.42 Å². The highest BCUT2D eigenvalue weighted by Gasteiger charge is 2.17. The molecular formula is C8H11IN2S. The molecule has 2 rings (SSSR count). The normalized spacial score (nSPS) is 18.8. The van der Waals surface area contributed by atoms with Crippen molar-refractivity contribution in [3.63, 3.8) is 0 Å². The van der Waals surface area contributed by atoms with E-state index in [4.69, 9.17) is 0 Å². The van der Waals surface area contributed by atoms with Gasteiger partial charge < -0.3 is 0 Å². The summed E-state index contributed by atoms with van der Waals surface area (Å²) in [5, 5.41) is 9.38. The van der Waals surface area contributed by atoms with Crippen LogP contribution in [0.3, 0.4) is 0 Å². The Hall–Kier alpha value is 0.290. The summed E-state index contributed by atoms with van der Waals surface area (Å²) in [6, 6.07) is 0. The molecule has 66 valence electrons. The minimum atomic E-state index is 0.897. The van der Waals surface area contributed by atoms with Crippen molar-refractivity contribution in [1.82, 2.24) is 10.2 Å². The van der Waals surface area contributed by atoms with Crippen molar-refractivity contribution >= 4 is 33.9 Å². The zero-order chi connectivity index (χ0) is 8.39. The van der Waals surface area contributed by atoms with E-state index < -0.39 is 0 Å². The van der Waals surface area contributed by atoms with Crippen molar-refractivity contribution < 1.29 is 0 Å². The summed E-state index contributed by atoms with van der Waals surface area (Å²) < 4.78 is 1.07. The van der Waals surface area contributed by atoms with Gasteiger partial charge in [0.05, 0.1) is 0 Å². The molecular weight excluding hydrogens is 283 g/mol. The van der Waals surface area contributed by atoms with E-state index in [0.29, 0.717) is 0 Å². The Kier molecular flexibility index (Phi) is 2.96. The predicted molar refractivity (Wildman–Crippen MR) is 58.3 cm³/mol. The molecule has 0 unspecified atom stereocenters. The molecule has 0 bridgehead atoms. The van der Waals surface area contributed by atoms with Crippen LogP contribution in [0.1, 0.15) is 30.7 Å². The van der Waals surface area contributed by atoms with Crippen LogP contribution in [0.15, 0.2) is 0 Å². The Morgan fingerprint density at radius 1 is 1.33 bits per heavy atom. The molecule has 4 heteroatoms. The second kappa shape index (κ2) is 4.00. The Bertz CT molecular complexity index is 255. The van der Waals surface area contributed by atoms with Crippen molar-refractivity contribution in [3.8, 4) is 0 Å². The average molecular weight is 294 g/mol. The number of hydrogen-bond acceptors (Lipinski definition) is 3. The third-order valence-corrected chi connectivity index (χ3v) is 3.99. The van der Waals surface area contributed by atoms with Crippen LogP contribution < -0.4 is 0 Å². The lowest BCUT2D eigenvalue weighted by Gasteiger charge is -2.03. The van der Waals surface area contributed by atoms with Gasteiger partial charge in [-0.05, 0) is 28.5 Å². The van der Waals surface area contributed by atoms with E-state index in [1.54, 1.807) is 11.3 Å². The van der Waals surface area contributed by atoms with E-state index in [2.05, 4.69) is 32.8 Å². The summed E-state index contributed by atoms with van der Waals surface area (Å²) in [6.45, 7) is 0. The van der Waals surface area contributed by atoms with Crippen molar-refractivity contribution in [2.75, 3.05) is 0 Å². The minimum absolute atomic E-state index is 0.897.